The van der Waals surface area contributed by atoms with E-state index in [1.54, 1.807) is 0 Å². The number of hydrogen-bond donors (Lipinski definition) is 0. The van der Waals surface area contributed by atoms with E-state index in [2.05, 4.69) is 29.9 Å². The highest BCUT2D eigenvalue weighted by Crippen LogP contribution is 2.42. The Labute approximate surface area is 223 Å². The number of halogens is 3. The molecule has 0 radical (unpaired) electrons. The molecule has 2 heterocycles. The summed E-state index contributed by atoms with van der Waals surface area (Å²) in [7, 11) is 4.04. The second-order valence-corrected chi connectivity index (χ2v) is 10.9. The largest absolute Gasteiger partial charge is 0.472 e. The second kappa shape index (κ2) is 11.9. The zero-order valence-corrected chi connectivity index (χ0v) is 22.6. The van der Waals surface area contributed by atoms with E-state index in [0.717, 1.165) is 54.6 Å². The number of rotatable bonds is 6. The standard InChI is InChI=1S/C24H29F3N4O2.C5H10/c1-29(12-13-31(17-32)20-7-9-22(28-15-20)24(25,26)27)19-6-8-21-18(14-19)16-30(2)23(33-21)10-4-3-5-11-23;1-5-3-2-4-5/h6-9,14-15,17H,3-5,10-13,16H2,1-2H3;5H,2-4H2,1H3. The van der Waals surface area contributed by atoms with Crippen molar-refractivity contribution in [1.29, 1.82) is 0 Å². The quantitative estimate of drug-likeness (QED) is 0.398. The highest BCUT2D eigenvalue weighted by Gasteiger charge is 2.41. The molecule has 3 aliphatic rings. The molecule has 1 aliphatic heterocycles. The van der Waals surface area contributed by atoms with Gasteiger partial charge in [0.2, 0.25) is 6.41 Å². The van der Waals surface area contributed by atoms with Crippen LogP contribution in [0.1, 0.15) is 69.5 Å². The van der Waals surface area contributed by atoms with Crippen LogP contribution >= 0.6 is 0 Å². The van der Waals surface area contributed by atoms with Crippen molar-refractivity contribution in [3.8, 4) is 5.75 Å². The van der Waals surface area contributed by atoms with Gasteiger partial charge in [0, 0.05) is 50.8 Å². The molecule has 0 atom stereocenters. The molecule has 0 unspecified atom stereocenters. The summed E-state index contributed by atoms with van der Waals surface area (Å²) in [6.07, 6.45) is 7.35. The maximum Gasteiger partial charge on any atom is 0.433 e. The maximum absolute atomic E-state index is 12.7. The Bertz CT molecular complexity index is 1070. The molecule has 2 aliphatic carbocycles. The van der Waals surface area contributed by atoms with Gasteiger partial charge in [-0.05, 0) is 56.1 Å². The number of fused-ring (bicyclic) bond motifs is 1. The number of hydrogen-bond acceptors (Lipinski definition) is 5. The molecule has 0 saturated heterocycles. The number of ether oxygens (including phenoxy) is 1. The molecule has 2 fully saturated rings. The van der Waals surface area contributed by atoms with Crippen molar-refractivity contribution in [3.63, 3.8) is 0 Å². The number of carbonyl (C=O) groups is 1. The molecule has 1 aromatic carbocycles. The molecule has 2 aromatic rings. The Balaban J connectivity index is 0.000000603. The van der Waals surface area contributed by atoms with Gasteiger partial charge in [0.1, 0.15) is 11.4 Å². The summed E-state index contributed by atoms with van der Waals surface area (Å²) in [5.74, 6) is 1.99. The number of anilines is 2. The lowest BCUT2D eigenvalue weighted by atomic mass is 9.88. The van der Waals surface area contributed by atoms with Crippen molar-refractivity contribution in [1.82, 2.24) is 9.88 Å². The first-order chi connectivity index (χ1) is 18.1. The zero-order chi connectivity index (χ0) is 27.3. The summed E-state index contributed by atoms with van der Waals surface area (Å²) in [5.41, 5.74) is 1.26. The zero-order valence-electron chi connectivity index (χ0n) is 22.6. The lowest BCUT2D eigenvalue weighted by molar-refractivity contribution is -0.141. The molecule has 1 amide bonds. The monoisotopic (exact) mass is 532 g/mol. The van der Waals surface area contributed by atoms with Crippen LogP contribution in [0, 0.1) is 5.92 Å². The van der Waals surface area contributed by atoms with Crippen molar-refractivity contribution < 1.29 is 22.7 Å². The van der Waals surface area contributed by atoms with Crippen LogP contribution in [0.2, 0.25) is 0 Å². The normalized spacial score (nSPS) is 18.9. The third-order valence-electron chi connectivity index (χ3n) is 8.09. The number of benzene rings is 1. The highest BCUT2D eigenvalue weighted by atomic mass is 19.4. The van der Waals surface area contributed by atoms with Crippen LogP contribution < -0.4 is 14.5 Å². The van der Waals surface area contributed by atoms with E-state index in [9.17, 15) is 18.0 Å². The van der Waals surface area contributed by atoms with Crippen LogP contribution in [-0.4, -0.2) is 49.2 Å². The Hall–Kier alpha value is -2.81. The van der Waals surface area contributed by atoms with Gasteiger partial charge in [-0.1, -0.05) is 32.6 Å². The first kappa shape index (κ1) is 28.2. The summed E-state index contributed by atoms with van der Waals surface area (Å²) < 4.78 is 44.7. The summed E-state index contributed by atoms with van der Waals surface area (Å²) in [5, 5.41) is 0. The van der Waals surface area contributed by atoms with Gasteiger partial charge in [0.25, 0.3) is 0 Å². The Kier molecular flexibility index (Phi) is 8.85. The molecular weight excluding hydrogens is 493 g/mol. The van der Waals surface area contributed by atoms with E-state index in [1.165, 1.54) is 49.5 Å². The minimum absolute atomic E-state index is 0.196. The smallest absolute Gasteiger partial charge is 0.433 e. The molecule has 0 N–H and O–H groups in total. The minimum Gasteiger partial charge on any atom is -0.472 e. The van der Waals surface area contributed by atoms with Crippen molar-refractivity contribution in [3.05, 3.63) is 47.8 Å². The lowest BCUT2D eigenvalue weighted by Gasteiger charge is -2.48. The Morgan fingerprint density at radius 3 is 2.32 bits per heavy atom. The van der Waals surface area contributed by atoms with Crippen LogP contribution in [0.25, 0.3) is 0 Å². The summed E-state index contributed by atoms with van der Waals surface area (Å²) in [6.45, 7) is 3.93. The molecular formula is C29H39F3N4O2. The topological polar surface area (TPSA) is 48.9 Å². The SMILES string of the molecule is CC1CCC1.CN(CCN(C=O)c1ccc(C(F)(F)F)nc1)c1ccc2c(c1)CN(C)C1(CCCCC1)O2. The lowest BCUT2D eigenvalue weighted by Crippen LogP contribution is -2.54. The van der Waals surface area contributed by atoms with E-state index in [4.69, 9.17) is 4.74 Å². The first-order valence-corrected chi connectivity index (χ1v) is 13.6. The fraction of sp³-hybridized carbons (Fsp3) is 0.586. The average molecular weight is 533 g/mol. The first-order valence-electron chi connectivity index (χ1n) is 13.6. The van der Waals surface area contributed by atoms with Crippen LogP contribution in [0.3, 0.4) is 0 Å². The van der Waals surface area contributed by atoms with Crippen LogP contribution in [0.15, 0.2) is 36.5 Å². The molecule has 1 aromatic heterocycles. The molecule has 208 valence electrons. The van der Waals surface area contributed by atoms with Gasteiger partial charge in [-0.3, -0.25) is 9.69 Å². The number of nitrogens with zero attached hydrogens (tertiary/aromatic N) is 4. The van der Waals surface area contributed by atoms with Gasteiger partial charge in [-0.2, -0.15) is 13.2 Å². The van der Waals surface area contributed by atoms with E-state index < -0.39 is 11.9 Å². The van der Waals surface area contributed by atoms with Gasteiger partial charge in [-0.25, -0.2) is 4.98 Å². The van der Waals surface area contributed by atoms with Gasteiger partial charge in [-0.15, -0.1) is 0 Å². The van der Waals surface area contributed by atoms with Gasteiger partial charge >= 0.3 is 6.18 Å². The fourth-order valence-electron chi connectivity index (χ4n) is 5.26. The van der Waals surface area contributed by atoms with Crippen molar-refractivity contribution in [2.24, 2.45) is 5.92 Å². The molecule has 5 rings (SSSR count). The molecule has 38 heavy (non-hydrogen) atoms. The van der Waals surface area contributed by atoms with E-state index >= 15 is 0 Å². The molecule has 9 heteroatoms. The van der Waals surface area contributed by atoms with Crippen LogP contribution in [0.4, 0.5) is 24.5 Å². The predicted octanol–water partition coefficient (Wildman–Crippen LogP) is 6.49. The molecule has 2 saturated carbocycles. The van der Waals surface area contributed by atoms with Gasteiger partial charge in [0.15, 0.2) is 5.72 Å². The van der Waals surface area contributed by atoms with Crippen LogP contribution in [-0.2, 0) is 17.5 Å². The van der Waals surface area contributed by atoms with E-state index in [1.807, 2.05) is 24.1 Å². The Morgan fingerprint density at radius 1 is 1.08 bits per heavy atom. The third-order valence-corrected chi connectivity index (χ3v) is 8.09. The predicted molar refractivity (Wildman–Crippen MR) is 143 cm³/mol. The summed E-state index contributed by atoms with van der Waals surface area (Å²) in [6, 6.07) is 8.27. The third kappa shape index (κ3) is 6.60. The van der Waals surface area contributed by atoms with Crippen LogP contribution in [0.5, 0.6) is 5.75 Å². The summed E-state index contributed by atoms with van der Waals surface area (Å²) in [4.78, 5) is 20.7. The molecule has 0 bridgehead atoms. The summed E-state index contributed by atoms with van der Waals surface area (Å²) >= 11 is 0. The van der Waals surface area contributed by atoms with E-state index in [-0.39, 0.29) is 5.72 Å². The number of alkyl halides is 3. The number of amides is 1. The minimum atomic E-state index is -4.51. The van der Waals surface area contributed by atoms with E-state index in [0.29, 0.717) is 25.2 Å². The number of pyridine rings is 1. The number of likely N-dealkylation sites (N-methyl/N-ethyl adjacent to an activating group) is 1. The van der Waals surface area contributed by atoms with Crippen molar-refractivity contribution >= 4 is 17.8 Å². The van der Waals surface area contributed by atoms with Gasteiger partial charge in [0.05, 0.1) is 11.9 Å². The number of carbonyl (C=O) groups excluding carboxylic acids is 1. The molecule has 1 spiro atoms. The number of aromatic nitrogens is 1. The second-order valence-electron chi connectivity index (χ2n) is 10.9. The maximum atomic E-state index is 12.7. The molecule has 6 nitrogen and oxygen atoms in total. The Morgan fingerprint density at radius 2 is 1.76 bits per heavy atom. The van der Waals surface area contributed by atoms with Gasteiger partial charge < -0.3 is 14.5 Å². The highest BCUT2D eigenvalue weighted by molar-refractivity contribution is 5.74. The van der Waals surface area contributed by atoms with Crippen molar-refractivity contribution in [2.75, 3.05) is 37.0 Å². The fourth-order valence-corrected chi connectivity index (χ4v) is 5.26. The average Bonchev–Trinajstić information content (AvgIpc) is 2.89. The van der Waals surface area contributed by atoms with Crippen molar-refractivity contribution in [2.45, 2.75) is 76.7 Å².